The zero-order valence-corrected chi connectivity index (χ0v) is 14.9. The van der Waals surface area contributed by atoms with Crippen molar-refractivity contribution in [2.45, 2.75) is 32.3 Å². The summed E-state index contributed by atoms with van der Waals surface area (Å²) in [5, 5.41) is 3.39. The molecule has 24 heavy (non-hydrogen) atoms. The Morgan fingerprint density at radius 2 is 1.88 bits per heavy atom. The smallest absolute Gasteiger partial charge is 0.251 e. The Hall–Kier alpha value is -1.34. The number of likely N-dealkylation sites (tertiary alicyclic amines) is 1. The molecule has 0 bridgehead atoms. The van der Waals surface area contributed by atoms with E-state index in [0.29, 0.717) is 0 Å². The average molecular weight is 337 g/mol. The van der Waals surface area contributed by atoms with Crippen LogP contribution in [-0.4, -0.2) is 98.2 Å². The topological polar surface area (TPSA) is 60.4 Å². The first-order valence-corrected chi connectivity index (χ1v) is 9.44. The van der Waals surface area contributed by atoms with Crippen molar-refractivity contribution >= 4 is 11.9 Å². The molecule has 7 nitrogen and oxygen atoms in total. The summed E-state index contributed by atoms with van der Waals surface area (Å²) in [7, 11) is 0. The van der Waals surface area contributed by atoms with Gasteiger partial charge in [-0.3, -0.25) is 9.79 Å². The van der Waals surface area contributed by atoms with Crippen molar-refractivity contribution in [3.05, 3.63) is 0 Å². The number of ether oxygens (including phenoxy) is 1. The van der Waals surface area contributed by atoms with Gasteiger partial charge < -0.3 is 24.8 Å². The van der Waals surface area contributed by atoms with Gasteiger partial charge in [-0.15, -0.1) is 0 Å². The zero-order valence-electron chi connectivity index (χ0n) is 14.9. The molecule has 0 aromatic carbocycles. The third-order valence-electron chi connectivity index (χ3n) is 5.06. The van der Waals surface area contributed by atoms with E-state index in [1.54, 1.807) is 0 Å². The maximum atomic E-state index is 12.4. The van der Waals surface area contributed by atoms with Crippen LogP contribution in [0.4, 0.5) is 0 Å². The minimum Gasteiger partial charge on any atom is -0.368 e. The SMILES string of the molecule is CCNC(=NCCN1CCC1)N1CCN(C(=O)C2CCCO2)CC1. The number of carbonyl (C=O) groups excluding carboxylic acids is 1. The number of piperazine rings is 1. The van der Waals surface area contributed by atoms with E-state index in [2.05, 4.69) is 22.0 Å². The van der Waals surface area contributed by atoms with E-state index in [-0.39, 0.29) is 12.0 Å². The lowest BCUT2D eigenvalue weighted by atomic mass is 10.2. The molecule has 3 aliphatic rings. The molecule has 136 valence electrons. The lowest BCUT2D eigenvalue weighted by Crippen LogP contribution is -2.55. The first-order valence-electron chi connectivity index (χ1n) is 9.44. The average Bonchev–Trinajstić information content (AvgIpc) is 3.10. The fraction of sp³-hybridized carbons (Fsp3) is 0.882. The predicted molar refractivity (Wildman–Crippen MR) is 94.2 cm³/mol. The lowest BCUT2D eigenvalue weighted by molar-refractivity contribution is -0.142. The fourth-order valence-electron chi connectivity index (χ4n) is 3.44. The van der Waals surface area contributed by atoms with E-state index >= 15 is 0 Å². The van der Waals surface area contributed by atoms with Crippen molar-refractivity contribution in [3.63, 3.8) is 0 Å². The van der Waals surface area contributed by atoms with Gasteiger partial charge >= 0.3 is 0 Å². The van der Waals surface area contributed by atoms with E-state index in [0.717, 1.165) is 71.2 Å². The molecule has 3 saturated heterocycles. The van der Waals surface area contributed by atoms with Crippen molar-refractivity contribution in [1.29, 1.82) is 0 Å². The molecule has 0 spiro atoms. The van der Waals surface area contributed by atoms with E-state index in [9.17, 15) is 4.79 Å². The second-order valence-electron chi connectivity index (χ2n) is 6.74. The molecular formula is C17H31N5O2. The molecule has 3 fully saturated rings. The van der Waals surface area contributed by atoms with Crippen LogP contribution in [0.3, 0.4) is 0 Å². The van der Waals surface area contributed by atoms with Gasteiger partial charge in [0.15, 0.2) is 5.96 Å². The van der Waals surface area contributed by atoms with Crippen molar-refractivity contribution in [2.75, 3.05) is 65.5 Å². The quantitative estimate of drug-likeness (QED) is 0.564. The largest absolute Gasteiger partial charge is 0.368 e. The highest BCUT2D eigenvalue weighted by molar-refractivity contribution is 5.82. The second kappa shape index (κ2) is 8.67. The van der Waals surface area contributed by atoms with Gasteiger partial charge in [0.2, 0.25) is 0 Å². The summed E-state index contributed by atoms with van der Waals surface area (Å²) in [6, 6.07) is 0. The maximum Gasteiger partial charge on any atom is 0.251 e. The summed E-state index contributed by atoms with van der Waals surface area (Å²) in [6.07, 6.45) is 3.00. The van der Waals surface area contributed by atoms with Gasteiger partial charge in [0, 0.05) is 45.9 Å². The number of rotatable bonds is 5. The van der Waals surface area contributed by atoms with E-state index in [1.165, 1.54) is 19.5 Å². The molecule has 0 saturated carbocycles. The first-order chi connectivity index (χ1) is 11.8. The number of amides is 1. The van der Waals surface area contributed by atoms with E-state index in [4.69, 9.17) is 9.73 Å². The van der Waals surface area contributed by atoms with Crippen molar-refractivity contribution in [2.24, 2.45) is 4.99 Å². The van der Waals surface area contributed by atoms with Crippen LogP contribution in [0.25, 0.3) is 0 Å². The molecule has 1 amide bonds. The molecule has 3 rings (SSSR count). The number of nitrogens with one attached hydrogen (secondary N) is 1. The highest BCUT2D eigenvalue weighted by atomic mass is 16.5. The standard InChI is InChI=1S/C17H31N5O2/c1-2-18-17(19-6-9-20-7-4-8-20)22-12-10-21(11-13-22)16(23)15-5-3-14-24-15/h15H,2-14H2,1H3,(H,18,19). The minimum atomic E-state index is -0.199. The minimum absolute atomic E-state index is 0.173. The van der Waals surface area contributed by atoms with Crippen LogP contribution in [0.1, 0.15) is 26.2 Å². The Bertz CT molecular complexity index is 438. The molecule has 0 aromatic heterocycles. The highest BCUT2D eigenvalue weighted by Gasteiger charge is 2.30. The summed E-state index contributed by atoms with van der Waals surface area (Å²) < 4.78 is 5.53. The van der Waals surface area contributed by atoms with Crippen LogP contribution >= 0.6 is 0 Å². The predicted octanol–water partition coefficient (Wildman–Crippen LogP) is -0.0192. The van der Waals surface area contributed by atoms with Crippen LogP contribution < -0.4 is 5.32 Å². The molecular weight excluding hydrogens is 306 g/mol. The molecule has 0 aliphatic carbocycles. The Morgan fingerprint density at radius 1 is 1.12 bits per heavy atom. The fourth-order valence-corrected chi connectivity index (χ4v) is 3.44. The van der Waals surface area contributed by atoms with Gasteiger partial charge in [-0.05, 0) is 39.3 Å². The molecule has 1 atom stereocenters. The van der Waals surface area contributed by atoms with Crippen LogP contribution in [-0.2, 0) is 9.53 Å². The van der Waals surface area contributed by atoms with Crippen molar-refractivity contribution in [1.82, 2.24) is 20.0 Å². The van der Waals surface area contributed by atoms with Crippen LogP contribution in [0.2, 0.25) is 0 Å². The molecule has 3 heterocycles. The van der Waals surface area contributed by atoms with Gasteiger partial charge in [0.25, 0.3) is 5.91 Å². The maximum absolute atomic E-state index is 12.4. The van der Waals surface area contributed by atoms with E-state index < -0.39 is 0 Å². The van der Waals surface area contributed by atoms with Gasteiger partial charge in [-0.1, -0.05) is 0 Å². The Morgan fingerprint density at radius 3 is 2.46 bits per heavy atom. The molecule has 1 N–H and O–H groups in total. The number of guanidine groups is 1. The molecule has 7 heteroatoms. The molecule has 0 radical (unpaired) electrons. The molecule has 1 unspecified atom stereocenters. The van der Waals surface area contributed by atoms with Crippen molar-refractivity contribution in [3.8, 4) is 0 Å². The normalized spacial score (nSPS) is 25.7. The van der Waals surface area contributed by atoms with Gasteiger partial charge in [0.05, 0.1) is 6.54 Å². The number of carbonyl (C=O) groups is 1. The van der Waals surface area contributed by atoms with Gasteiger partial charge in [-0.25, -0.2) is 0 Å². The summed E-state index contributed by atoms with van der Waals surface area (Å²) >= 11 is 0. The monoisotopic (exact) mass is 337 g/mol. The third-order valence-corrected chi connectivity index (χ3v) is 5.06. The first kappa shape index (κ1) is 17.5. The second-order valence-corrected chi connectivity index (χ2v) is 6.74. The van der Waals surface area contributed by atoms with E-state index in [1.807, 2.05) is 4.90 Å². The summed E-state index contributed by atoms with van der Waals surface area (Å²) in [5.41, 5.74) is 0. The summed E-state index contributed by atoms with van der Waals surface area (Å²) in [4.78, 5) is 23.9. The van der Waals surface area contributed by atoms with Gasteiger partial charge in [-0.2, -0.15) is 0 Å². The number of aliphatic imine (C=N–C) groups is 1. The van der Waals surface area contributed by atoms with Crippen molar-refractivity contribution < 1.29 is 9.53 Å². The molecule has 3 aliphatic heterocycles. The molecule has 0 aromatic rings. The van der Waals surface area contributed by atoms with Crippen LogP contribution in [0.15, 0.2) is 4.99 Å². The number of hydrogen-bond acceptors (Lipinski definition) is 4. The number of hydrogen-bond donors (Lipinski definition) is 1. The van der Waals surface area contributed by atoms with Crippen LogP contribution in [0, 0.1) is 0 Å². The lowest BCUT2D eigenvalue weighted by Gasteiger charge is -2.37. The summed E-state index contributed by atoms with van der Waals surface area (Å²) in [6.45, 7) is 11.2. The third kappa shape index (κ3) is 4.39. The Labute approximate surface area is 145 Å². The highest BCUT2D eigenvalue weighted by Crippen LogP contribution is 2.16. The van der Waals surface area contributed by atoms with Gasteiger partial charge in [0.1, 0.15) is 6.10 Å². The number of nitrogens with zero attached hydrogens (tertiary/aromatic N) is 4. The van der Waals surface area contributed by atoms with Crippen LogP contribution in [0.5, 0.6) is 0 Å². The zero-order chi connectivity index (χ0) is 16.8. The Balaban J connectivity index is 1.46. The Kier molecular flexibility index (Phi) is 6.31. The summed E-state index contributed by atoms with van der Waals surface area (Å²) in [5.74, 6) is 1.16.